The van der Waals surface area contributed by atoms with E-state index in [4.69, 9.17) is 0 Å². The number of hydrogen-bond acceptors (Lipinski definition) is 3. The zero-order valence-corrected chi connectivity index (χ0v) is 40.6. The lowest BCUT2D eigenvalue weighted by atomic mass is 9.42. The summed E-state index contributed by atoms with van der Waals surface area (Å²) in [7, 11) is 0. The van der Waals surface area contributed by atoms with E-state index in [1.54, 1.807) is 11.1 Å². The van der Waals surface area contributed by atoms with Gasteiger partial charge in [0, 0.05) is 53.0 Å². The molecule has 0 radical (unpaired) electrons. The van der Waals surface area contributed by atoms with E-state index in [1.807, 2.05) is 23.5 Å². The third-order valence-corrected chi connectivity index (χ3v) is 22.2. The molecule has 0 unspecified atom stereocenters. The van der Waals surface area contributed by atoms with Gasteiger partial charge in [-0.1, -0.05) is 96.3 Å². The summed E-state index contributed by atoms with van der Waals surface area (Å²) in [4.78, 5) is 8.25. The maximum Gasteiger partial charge on any atom is 0.333 e. The van der Waals surface area contributed by atoms with Crippen molar-refractivity contribution in [1.29, 1.82) is 0 Å². The van der Waals surface area contributed by atoms with Crippen LogP contribution in [0, 0.1) is 42.4 Å². The summed E-state index contributed by atoms with van der Waals surface area (Å²) in [5, 5.41) is 3.02. The Balaban J connectivity index is 0.951. The lowest BCUT2D eigenvalue weighted by Gasteiger charge is -2.57. The Bertz CT molecular complexity index is 3440. The van der Waals surface area contributed by atoms with Crippen LogP contribution in [0.5, 0.6) is 0 Å². The molecule has 8 saturated carbocycles. The fourth-order valence-electron chi connectivity index (χ4n) is 18.0. The van der Waals surface area contributed by atoms with Gasteiger partial charge in [-0.2, -0.15) is 0 Å². The predicted octanol–water partition coefficient (Wildman–Crippen LogP) is 15.5. The van der Waals surface area contributed by atoms with Crippen LogP contribution in [0.15, 0.2) is 153 Å². The van der Waals surface area contributed by atoms with Crippen molar-refractivity contribution < 1.29 is 0 Å². The Morgan fingerprint density at radius 1 is 0.485 bits per heavy atom. The molecule has 0 amide bonds. The van der Waals surface area contributed by atoms with Gasteiger partial charge in [-0.05, 0) is 235 Å². The van der Waals surface area contributed by atoms with Gasteiger partial charge in [0.15, 0.2) is 0 Å². The first-order valence-corrected chi connectivity index (χ1v) is 27.9. The van der Waals surface area contributed by atoms with E-state index >= 15 is 0 Å². The quantitative estimate of drug-likeness (QED) is 0.163. The van der Waals surface area contributed by atoms with Crippen molar-refractivity contribution in [2.45, 2.75) is 114 Å². The Kier molecular flexibility index (Phi) is 7.75. The van der Waals surface area contributed by atoms with Crippen LogP contribution in [0.2, 0.25) is 0 Å². The highest BCUT2D eigenvalue weighted by atomic mass is 32.2. The number of rotatable bonds is 4. The van der Waals surface area contributed by atoms with Crippen LogP contribution in [-0.4, -0.2) is 11.4 Å². The van der Waals surface area contributed by atoms with Crippen molar-refractivity contribution in [1.82, 2.24) is 4.57 Å². The number of aromatic nitrogens is 1. The maximum absolute atomic E-state index is 2.82. The van der Waals surface area contributed by atoms with Gasteiger partial charge in [0.25, 0.3) is 0 Å². The summed E-state index contributed by atoms with van der Waals surface area (Å²) in [6.07, 6.45) is 17.2. The largest absolute Gasteiger partial charge is 0.376 e. The van der Waals surface area contributed by atoms with Crippen molar-refractivity contribution in [3.05, 3.63) is 150 Å². The Morgan fingerprint density at radius 3 is 1.71 bits per heavy atom. The highest BCUT2D eigenvalue weighted by Gasteiger charge is 2.54. The minimum Gasteiger partial charge on any atom is -0.376 e. The zero-order valence-electron chi connectivity index (χ0n) is 38.9. The molecule has 1 aromatic heterocycles. The zero-order chi connectivity index (χ0) is 44.2. The predicted molar refractivity (Wildman–Crippen MR) is 284 cm³/mol. The van der Waals surface area contributed by atoms with Gasteiger partial charge in [-0.15, -0.1) is 0 Å². The molecule has 8 aromatic rings. The third kappa shape index (κ3) is 5.31. The molecular weight excluding hydrogens is 860 g/mol. The molecule has 19 rings (SSSR count). The average molecular weight is 915 g/mol. The van der Waals surface area contributed by atoms with Crippen LogP contribution >= 0.6 is 23.5 Å². The van der Waals surface area contributed by atoms with E-state index in [-0.39, 0.29) is 12.3 Å². The summed E-state index contributed by atoms with van der Waals surface area (Å²) >= 11 is 3.90. The normalized spacial score (nSPS) is 29.4. The van der Waals surface area contributed by atoms with E-state index in [0.29, 0.717) is 5.41 Å². The number of nitrogens with zero attached hydrogens (tertiary/aromatic N) is 2. The monoisotopic (exact) mass is 914 g/mol. The molecule has 7 aromatic carbocycles. The number of benzene rings is 7. The van der Waals surface area contributed by atoms with Crippen molar-refractivity contribution >= 4 is 74.5 Å². The molecule has 68 heavy (non-hydrogen) atoms. The number of hydrogen-bond donors (Lipinski definition) is 0. The lowest BCUT2D eigenvalue weighted by Crippen LogP contribution is -2.61. The van der Waals surface area contributed by atoms with E-state index in [1.165, 1.54) is 174 Å². The molecule has 3 aliphatic heterocycles. The first kappa shape index (κ1) is 38.7. The molecule has 4 heterocycles. The summed E-state index contributed by atoms with van der Waals surface area (Å²) in [6, 6.07) is 53.4. The van der Waals surface area contributed by atoms with Crippen molar-refractivity contribution in [3.63, 3.8) is 0 Å². The fourth-order valence-corrected chi connectivity index (χ4v) is 20.2. The molecule has 332 valence electrons. The van der Waals surface area contributed by atoms with Crippen LogP contribution in [0.1, 0.15) is 93.7 Å². The van der Waals surface area contributed by atoms with Crippen LogP contribution in [-0.2, 0) is 10.8 Å². The summed E-state index contributed by atoms with van der Waals surface area (Å²) in [6.45, 7) is 2.37. The molecule has 8 bridgehead atoms. The second kappa shape index (κ2) is 13.6. The highest BCUT2D eigenvalue weighted by molar-refractivity contribution is 8.05. The van der Waals surface area contributed by atoms with E-state index in [9.17, 15) is 0 Å². The SMILES string of the molecule is Cc1cc2c3c(c1)-n1c4ccc(C56CC7CC(CC(C7)C5)C6)cc4c4cc(C56CC7CC(CC(C7)C5)C6)cc(c41)B3N(c1ccc(-c3ccccc3)cc1)c1cc3c(cc1-2)Sc1ccccc1S3. The second-order valence-electron chi connectivity index (χ2n) is 23.8. The Hall–Kier alpha value is -5.10. The Morgan fingerprint density at radius 2 is 1.06 bits per heavy atom. The molecular formula is C63H55BN2S2. The summed E-state index contributed by atoms with van der Waals surface area (Å²) < 4.78 is 2.77. The first-order chi connectivity index (χ1) is 33.4. The van der Waals surface area contributed by atoms with Crippen LogP contribution in [0.4, 0.5) is 11.4 Å². The molecule has 5 heteroatoms. The van der Waals surface area contributed by atoms with Gasteiger partial charge in [0.1, 0.15) is 0 Å². The van der Waals surface area contributed by atoms with Gasteiger partial charge < -0.3 is 9.38 Å². The molecule has 0 spiro atoms. The van der Waals surface area contributed by atoms with Gasteiger partial charge in [-0.3, -0.25) is 0 Å². The summed E-state index contributed by atoms with van der Waals surface area (Å²) in [5.74, 6) is 5.45. The number of fused-ring (bicyclic) bond motifs is 9. The van der Waals surface area contributed by atoms with Crippen LogP contribution in [0.3, 0.4) is 0 Å². The van der Waals surface area contributed by atoms with Crippen molar-refractivity contribution in [2.24, 2.45) is 35.5 Å². The molecule has 11 aliphatic rings. The second-order valence-corrected chi connectivity index (χ2v) is 26.0. The third-order valence-electron chi connectivity index (χ3n) is 19.7. The number of aryl methyl sites for hydroxylation is 1. The maximum atomic E-state index is 2.82. The number of anilines is 2. The molecule has 0 N–H and O–H groups in total. The fraction of sp³-hybridized carbons (Fsp3) is 0.333. The first-order valence-electron chi connectivity index (χ1n) is 26.3. The van der Waals surface area contributed by atoms with Gasteiger partial charge >= 0.3 is 6.85 Å². The smallest absolute Gasteiger partial charge is 0.333 e. The van der Waals surface area contributed by atoms with Crippen LogP contribution < -0.4 is 15.7 Å². The van der Waals surface area contributed by atoms with E-state index in [0.717, 1.165) is 35.5 Å². The molecule has 2 nitrogen and oxygen atoms in total. The topological polar surface area (TPSA) is 8.17 Å². The van der Waals surface area contributed by atoms with Gasteiger partial charge in [-0.25, -0.2) is 0 Å². The minimum absolute atomic E-state index is 0.0260. The Labute approximate surface area is 409 Å². The molecule has 8 fully saturated rings. The lowest BCUT2D eigenvalue weighted by molar-refractivity contribution is -0.00526. The minimum atomic E-state index is 0.0260. The van der Waals surface area contributed by atoms with Crippen LogP contribution in [0.25, 0.3) is 49.7 Å². The standard InChI is InChI=1S/C63H55BN2S2/c1-36-17-50-49-28-58-59(68-57-10-6-5-9-56(57)67-58)29-54(49)66(47-14-11-44(12-15-47)43-7-3-2-4-8-43)64-52-27-46(63-33-40-22-41(34-63)24-42(23-40)35-63)26-51-48-25-45(62-30-37-19-38(31-62)21-39(20-37)32-62)13-16-53(48)65(61(51)52)55(18-36)60(50)64/h2-18,25-29,37-42H,19-24,30-35H2,1H3. The molecule has 8 aliphatic carbocycles. The van der Waals surface area contributed by atoms with Gasteiger partial charge in [0.2, 0.25) is 0 Å². The van der Waals surface area contributed by atoms with E-state index in [2.05, 4.69) is 150 Å². The van der Waals surface area contributed by atoms with E-state index < -0.39 is 0 Å². The molecule has 0 saturated heterocycles. The van der Waals surface area contributed by atoms with Crippen molar-refractivity contribution in [3.8, 4) is 27.9 Å². The summed E-state index contributed by atoms with van der Waals surface area (Å²) in [5.41, 5.74) is 20.4. The average Bonchev–Trinajstić information content (AvgIpc) is 3.68. The highest BCUT2D eigenvalue weighted by Crippen LogP contribution is 2.63. The molecule has 0 atom stereocenters. The van der Waals surface area contributed by atoms with Crippen molar-refractivity contribution in [2.75, 3.05) is 4.81 Å². The van der Waals surface area contributed by atoms with Gasteiger partial charge in [0.05, 0.1) is 11.0 Å².